The molecule has 1 aromatic carbocycles. The van der Waals surface area contributed by atoms with Crippen LogP contribution in [0.5, 0.6) is 0 Å². The SMILES string of the molecule is c1cc(CNC2CC2)c2ccn(CCC3CCCO3)c2c1. The number of aryl methyl sites for hydroxylation is 1. The smallest absolute Gasteiger partial charge is 0.0593 e. The van der Waals surface area contributed by atoms with Gasteiger partial charge in [0.25, 0.3) is 0 Å². The molecule has 1 aliphatic heterocycles. The lowest BCUT2D eigenvalue weighted by Crippen LogP contribution is -2.15. The zero-order valence-corrected chi connectivity index (χ0v) is 12.6. The summed E-state index contributed by atoms with van der Waals surface area (Å²) < 4.78 is 8.12. The van der Waals surface area contributed by atoms with Crippen molar-refractivity contribution < 1.29 is 4.74 Å². The fourth-order valence-corrected chi connectivity index (χ4v) is 3.33. The number of rotatable bonds is 6. The lowest BCUT2D eigenvalue weighted by atomic mass is 10.1. The van der Waals surface area contributed by atoms with Gasteiger partial charge in [-0.15, -0.1) is 0 Å². The average molecular weight is 284 g/mol. The monoisotopic (exact) mass is 284 g/mol. The van der Waals surface area contributed by atoms with E-state index in [1.54, 1.807) is 0 Å². The van der Waals surface area contributed by atoms with Crippen LogP contribution in [0.25, 0.3) is 10.9 Å². The predicted octanol–water partition coefficient (Wildman–Crippen LogP) is 3.46. The lowest BCUT2D eigenvalue weighted by molar-refractivity contribution is 0.101. The Morgan fingerprint density at radius 1 is 1.19 bits per heavy atom. The number of benzene rings is 1. The van der Waals surface area contributed by atoms with Crippen molar-refractivity contribution in [2.45, 2.75) is 57.3 Å². The molecule has 4 rings (SSSR count). The van der Waals surface area contributed by atoms with E-state index < -0.39 is 0 Å². The molecule has 3 nitrogen and oxygen atoms in total. The molecule has 0 bridgehead atoms. The van der Waals surface area contributed by atoms with Gasteiger partial charge in [-0.2, -0.15) is 0 Å². The summed E-state index contributed by atoms with van der Waals surface area (Å²) in [5, 5.41) is 5.02. The highest BCUT2D eigenvalue weighted by Crippen LogP contribution is 2.24. The predicted molar refractivity (Wildman–Crippen MR) is 85.4 cm³/mol. The van der Waals surface area contributed by atoms with Crippen LogP contribution in [0.2, 0.25) is 0 Å². The molecule has 1 aliphatic carbocycles. The van der Waals surface area contributed by atoms with Gasteiger partial charge in [-0.3, -0.25) is 0 Å². The van der Waals surface area contributed by atoms with Gasteiger partial charge in [0.2, 0.25) is 0 Å². The van der Waals surface area contributed by atoms with Gasteiger partial charge < -0.3 is 14.6 Å². The Balaban J connectivity index is 1.48. The molecule has 2 aromatic rings. The molecule has 0 amide bonds. The molecule has 1 unspecified atom stereocenters. The molecule has 21 heavy (non-hydrogen) atoms. The third kappa shape index (κ3) is 2.99. The largest absolute Gasteiger partial charge is 0.378 e. The Labute approximate surface area is 126 Å². The zero-order valence-electron chi connectivity index (χ0n) is 12.6. The summed E-state index contributed by atoms with van der Waals surface area (Å²) >= 11 is 0. The fraction of sp³-hybridized carbons (Fsp3) is 0.556. The molecule has 2 heterocycles. The molecule has 0 radical (unpaired) electrons. The Hall–Kier alpha value is -1.32. The molecule has 0 spiro atoms. The molecular weight excluding hydrogens is 260 g/mol. The van der Waals surface area contributed by atoms with E-state index in [0.717, 1.165) is 32.2 Å². The van der Waals surface area contributed by atoms with Gasteiger partial charge in [0.1, 0.15) is 0 Å². The summed E-state index contributed by atoms with van der Waals surface area (Å²) in [5.41, 5.74) is 2.79. The molecular formula is C18H24N2O. The van der Waals surface area contributed by atoms with Crippen molar-refractivity contribution in [3.8, 4) is 0 Å². The van der Waals surface area contributed by atoms with Crippen molar-refractivity contribution in [2.24, 2.45) is 0 Å². The minimum Gasteiger partial charge on any atom is -0.378 e. The maximum atomic E-state index is 5.74. The maximum Gasteiger partial charge on any atom is 0.0593 e. The van der Waals surface area contributed by atoms with Crippen LogP contribution >= 0.6 is 0 Å². The highest BCUT2D eigenvalue weighted by Gasteiger charge is 2.20. The molecule has 3 heteroatoms. The molecule has 112 valence electrons. The fourth-order valence-electron chi connectivity index (χ4n) is 3.33. The van der Waals surface area contributed by atoms with E-state index >= 15 is 0 Å². The zero-order chi connectivity index (χ0) is 14.1. The Morgan fingerprint density at radius 3 is 2.95 bits per heavy atom. The molecule has 1 N–H and O–H groups in total. The van der Waals surface area contributed by atoms with Crippen molar-refractivity contribution in [2.75, 3.05) is 6.61 Å². The second-order valence-electron chi connectivity index (χ2n) is 6.44. The molecule has 1 saturated heterocycles. The van der Waals surface area contributed by atoms with Crippen molar-refractivity contribution in [1.29, 1.82) is 0 Å². The lowest BCUT2D eigenvalue weighted by Gasteiger charge is -2.11. The van der Waals surface area contributed by atoms with Crippen LogP contribution in [-0.4, -0.2) is 23.3 Å². The van der Waals surface area contributed by atoms with E-state index in [1.807, 2.05) is 0 Å². The van der Waals surface area contributed by atoms with Crippen LogP contribution in [0.1, 0.15) is 37.7 Å². The van der Waals surface area contributed by atoms with E-state index in [-0.39, 0.29) is 0 Å². The van der Waals surface area contributed by atoms with Crippen molar-refractivity contribution >= 4 is 10.9 Å². The summed E-state index contributed by atoms with van der Waals surface area (Å²) in [5.74, 6) is 0. The molecule has 2 fully saturated rings. The first-order valence-corrected chi connectivity index (χ1v) is 8.32. The van der Waals surface area contributed by atoms with Crippen LogP contribution in [0.3, 0.4) is 0 Å². The van der Waals surface area contributed by atoms with E-state index in [0.29, 0.717) is 6.10 Å². The first kappa shape index (κ1) is 13.4. The second kappa shape index (κ2) is 5.82. The second-order valence-corrected chi connectivity index (χ2v) is 6.44. The normalized spacial score (nSPS) is 22.2. The van der Waals surface area contributed by atoms with E-state index in [4.69, 9.17) is 4.74 Å². The first-order chi connectivity index (χ1) is 10.4. The van der Waals surface area contributed by atoms with Crippen molar-refractivity contribution in [3.05, 3.63) is 36.0 Å². The maximum absolute atomic E-state index is 5.74. The van der Waals surface area contributed by atoms with E-state index in [2.05, 4.69) is 40.3 Å². The van der Waals surface area contributed by atoms with Gasteiger partial charge in [-0.05, 0) is 49.8 Å². The van der Waals surface area contributed by atoms with Gasteiger partial charge in [0.15, 0.2) is 0 Å². The van der Waals surface area contributed by atoms with Gasteiger partial charge in [-0.25, -0.2) is 0 Å². The van der Waals surface area contributed by atoms with Gasteiger partial charge >= 0.3 is 0 Å². The molecule has 1 saturated carbocycles. The van der Waals surface area contributed by atoms with Crippen molar-refractivity contribution in [1.82, 2.24) is 9.88 Å². The highest BCUT2D eigenvalue weighted by molar-refractivity contribution is 5.83. The molecule has 1 aromatic heterocycles. The molecule has 2 aliphatic rings. The van der Waals surface area contributed by atoms with Crippen LogP contribution in [-0.2, 0) is 17.8 Å². The number of hydrogen-bond acceptors (Lipinski definition) is 2. The minimum atomic E-state index is 0.474. The summed E-state index contributed by atoms with van der Waals surface area (Å²) in [4.78, 5) is 0. The number of fused-ring (bicyclic) bond motifs is 1. The number of hydrogen-bond donors (Lipinski definition) is 1. The topological polar surface area (TPSA) is 26.2 Å². The van der Waals surface area contributed by atoms with Crippen molar-refractivity contribution in [3.63, 3.8) is 0 Å². The summed E-state index contributed by atoms with van der Waals surface area (Å²) in [6.45, 7) is 3.01. The third-order valence-electron chi connectivity index (χ3n) is 4.78. The van der Waals surface area contributed by atoms with Gasteiger partial charge in [0, 0.05) is 42.8 Å². The summed E-state index contributed by atoms with van der Waals surface area (Å²) in [6.07, 6.45) is 9.00. The van der Waals surface area contributed by atoms with Crippen LogP contribution in [0.4, 0.5) is 0 Å². The van der Waals surface area contributed by atoms with Crippen LogP contribution < -0.4 is 5.32 Å². The van der Waals surface area contributed by atoms with Crippen LogP contribution in [0, 0.1) is 0 Å². The number of ether oxygens (including phenoxy) is 1. The quantitative estimate of drug-likeness (QED) is 0.879. The summed E-state index contributed by atoms with van der Waals surface area (Å²) in [7, 11) is 0. The standard InChI is InChI=1S/C18H24N2O/c1-3-14(13-19-15-6-7-15)17-9-11-20(18(17)5-1)10-8-16-4-2-12-21-16/h1,3,5,9,11,15-16,19H,2,4,6-8,10,12-13H2. The third-order valence-corrected chi connectivity index (χ3v) is 4.78. The van der Waals surface area contributed by atoms with Gasteiger partial charge in [-0.1, -0.05) is 12.1 Å². The Bertz CT molecular complexity index is 609. The number of nitrogens with zero attached hydrogens (tertiary/aromatic N) is 1. The Kier molecular flexibility index (Phi) is 3.70. The highest BCUT2D eigenvalue weighted by atomic mass is 16.5. The Morgan fingerprint density at radius 2 is 2.14 bits per heavy atom. The van der Waals surface area contributed by atoms with E-state index in [9.17, 15) is 0 Å². The minimum absolute atomic E-state index is 0.474. The van der Waals surface area contributed by atoms with Gasteiger partial charge in [0.05, 0.1) is 6.10 Å². The first-order valence-electron chi connectivity index (χ1n) is 8.32. The molecule has 1 atom stereocenters. The number of nitrogens with one attached hydrogen (secondary N) is 1. The summed E-state index contributed by atoms with van der Waals surface area (Å²) in [6, 6.07) is 9.72. The van der Waals surface area contributed by atoms with E-state index in [1.165, 1.54) is 42.1 Å². The van der Waals surface area contributed by atoms with Crippen LogP contribution in [0.15, 0.2) is 30.5 Å². The average Bonchev–Trinajstić information content (AvgIpc) is 3.01. The number of aromatic nitrogens is 1.